The summed E-state index contributed by atoms with van der Waals surface area (Å²) in [6.45, 7) is -0.0624. The molecule has 8 heteroatoms. The molecule has 0 unspecified atom stereocenters. The number of hydrogen-bond donors (Lipinski definition) is 1. The van der Waals surface area contributed by atoms with E-state index in [4.69, 9.17) is 37.5 Å². The third-order valence-corrected chi connectivity index (χ3v) is 3.83. The molecule has 128 valence electrons. The molecule has 0 atom stereocenters. The predicted octanol–water partition coefficient (Wildman–Crippen LogP) is 5.06. The van der Waals surface area contributed by atoms with E-state index in [1.807, 2.05) is 0 Å². The fraction of sp³-hybridized carbons (Fsp3) is 0.0588. The van der Waals surface area contributed by atoms with Gasteiger partial charge in [-0.2, -0.15) is 0 Å². The number of ether oxygens (including phenoxy) is 1. The Kier molecular flexibility index (Phi) is 4.92. The third kappa shape index (κ3) is 3.92. The van der Waals surface area contributed by atoms with E-state index >= 15 is 0 Å². The van der Waals surface area contributed by atoms with Gasteiger partial charge in [0.25, 0.3) is 0 Å². The maximum atomic E-state index is 12.9. The van der Waals surface area contributed by atoms with E-state index in [1.165, 1.54) is 30.5 Å². The maximum Gasteiger partial charge on any atom is 0.335 e. The van der Waals surface area contributed by atoms with E-state index in [1.54, 1.807) is 12.1 Å². The second kappa shape index (κ2) is 7.13. The smallest absolute Gasteiger partial charge is 0.335 e. The molecule has 0 spiro atoms. The molecule has 0 amide bonds. The first-order valence-electron chi connectivity index (χ1n) is 7.00. The van der Waals surface area contributed by atoms with Gasteiger partial charge >= 0.3 is 5.97 Å². The van der Waals surface area contributed by atoms with Gasteiger partial charge in [-0.15, -0.1) is 0 Å². The Morgan fingerprint density at radius 3 is 2.44 bits per heavy atom. The quantitative estimate of drug-likeness (QED) is 0.668. The Morgan fingerprint density at radius 2 is 1.84 bits per heavy atom. The molecule has 1 N–H and O–H groups in total. The van der Waals surface area contributed by atoms with Gasteiger partial charge in [-0.3, -0.25) is 0 Å². The van der Waals surface area contributed by atoms with Gasteiger partial charge in [-0.1, -0.05) is 23.2 Å². The van der Waals surface area contributed by atoms with Crippen LogP contribution >= 0.6 is 23.2 Å². The van der Waals surface area contributed by atoms with Gasteiger partial charge < -0.3 is 14.3 Å². The number of carbonyl (C=O) groups is 1. The van der Waals surface area contributed by atoms with Crippen LogP contribution in [0, 0.1) is 5.82 Å². The van der Waals surface area contributed by atoms with Crippen LogP contribution in [0.1, 0.15) is 16.2 Å². The lowest BCUT2D eigenvalue weighted by Crippen LogP contribution is -2.00. The van der Waals surface area contributed by atoms with Crippen LogP contribution < -0.4 is 4.74 Å². The molecule has 0 saturated heterocycles. The molecule has 1 heterocycles. The summed E-state index contributed by atoms with van der Waals surface area (Å²) in [6, 6.07) is 8.25. The normalized spacial score (nSPS) is 10.7. The van der Waals surface area contributed by atoms with Crippen molar-refractivity contribution in [1.29, 1.82) is 0 Å². The van der Waals surface area contributed by atoms with Gasteiger partial charge in [0.05, 0.1) is 21.8 Å². The molecule has 0 saturated carbocycles. The van der Waals surface area contributed by atoms with Gasteiger partial charge in [0.1, 0.15) is 5.82 Å². The number of halogens is 3. The third-order valence-electron chi connectivity index (χ3n) is 3.27. The highest BCUT2D eigenvalue weighted by molar-refractivity contribution is 6.37. The average Bonchev–Trinajstić information content (AvgIpc) is 3.03. The Bertz CT molecular complexity index is 902. The van der Waals surface area contributed by atoms with Crippen LogP contribution in [0.4, 0.5) is 4.39 Å². The van der Waals surface area contributed by atoms with E-state index in [9.17, 15) is 9.18 Å². The van der Waals surface area contributed by atoms with Crippen LogP contribution in [0.2, 0.25) is 10.0 Å². The number of carboxylic acids is 1. The Morgan fingerprint density at radius 1 is 1.20 bits per heavy atom. The average molecular weight is 382 g/mol. The summed E-state index contributed by atoms with van der Waals surface area (Å²) in [5.41, 5.74) is 0.624. The van der Waals surface area contributed by atoms with Gasteiger partial charge in [-0.25, -0.2) is 14.2 Å². The first kappa shape index (κ1) is 17.3. The molecular weight excluding hydrogens is 372 g/mol. The molecule has 25 heavy (non-hydrogen) atoms. The molecule has 0 radical (unpaired) electrons. The van der Waals surface area contributed by atoms with E-state index < -0.39 is 5.97 Å². The number of carboxylic acid groups (broad SMARTS) is 1. The number of oxazole rings is 1. The fourth-order valence-corrected chi connectivity index (χ4v) is 2.68. The van der Waals surface area contributed by atoms with Crippen LogP contribution in [0.3, 0.4) is 0 Å². The molecule has 0 aliphatic heterocycles. The molecular formula is C17H10Cl2FNO4. The van der Waals surface area contributed by atoms with Crippen molar-refractivity contribution in [1.82, 2.24) is 4.98 Å². The summed E-state index contributed by atoms with van der Waals surface area (Å²) in [7, 11) is 0. The minimum Gasteiger partial charge on any atom is -0.481 e. The second-order valence-electron chi connectivity index (χ2n) is 4.99. The highest BCUT2D eigenvalue weighted by Crippen LogP contribution is 2.35. The predicted molar refractivity (Wildman–Crippen MR) is 89.7 cm³/mol. The zero-order valence-electron chi connectivity index (χ0n) is 12.5. The van der Waals surface area contributed by atoms with Crippen molar-refractivity contribution >= 4 is 29.2 Å². The highest BCUT2D eigenvalue weighted by atomic mass is 35.5. The standard InChI is InChI=1S/C17H10Cl2FNO4/c18-12-5-10(17(22)23)6-13(19)16(12)24-8-15-21-7-14(25-15)9-1-3-11(20)4-2-9/h1-7H,8H2,(H,22,23). The van der Waals surface area contributed by atoms with Crippen molar-refractivity contribution in [3.8, 4) is 17.1 Å². The number of aromatic nitrogens is 1. The van der Waals surface area contributed by atoms with E-state index in [2.05, 4.69) is 4.98 Å². The monoisotopic (exact) mass is 381 g/mol. The largest absolute Gasteiger partial charge is 0.481 e. The number of benzene rings is 2. The fourth-order valence-electron chi connectivity index (χ4n) is 2.08. The lowest BCUT2D eigenvalue weighted by atomic mass is 10.2. The van der Waals surface area contributed by atoms with Crippen molar-refractivity contribution < 1.29 is 23.4 Å². The Hall–Kier alpha value is -2.57. The molecule has 3 aromatic rings. The van der Waals surface area contributed by atoms with Crippen molar-refractivity contribution in [2.45, 2.75) is 6.61 Å². The molecule has 0 aliphatic rings. The first-order valence-corrected chi connectivity index (χ1v) is 7.75. The second-order valence-corrected chi connectivity index (χ2v) is 5.80. The number of aromatic carboxylic acids is 1. The molecule has 0 bridgehead atoms. The summed E-state index contributed by atoms with van der Waals surface area (Å²) >= 11 is 12.0. The zero-order chi connectivity index (χ0) is 18.0. The number of hydrogen-bond acceptors (Lipinski definition) is 4. The Balaban J connectivity index is 1.74. The summed E-state index contributed by atoms with van der Waals surface area (Å²) in [6.07, 6.45) is 1.49. The minimum absolute atomic E-state index is 0.0444. The summed E-state index contributed by atoms with van der Waals surface area (Å²) in [4.78, 5) is 15.0. The Labute approximate surface area is 151 Å². The molecule has 0 fully saturated rings. The van der Waals surface area contributed by atoms with Crippen LogP contribution in [0.25, 0.3) is 11.3 Å². The lowest BCUT2D eigenvalue weighted by molar-refractivity contribution is 0.0697. The summed E-state index contributed by atoms with van der Waals surface area (Å²) in [5, 5.41) is 9.08. The van der Waals surface area contributed by atoms with Gasteiger partial charge in [0.2, 0.25) is 5.89 Å². The van der Waals surface area contributed by atoms with Crippen LogP contribution in [0.15, 0.2) is 47.0 Å². The lowest BCUT2D eigenvalue weighted by Gasteiger charge is -2.09. The van der Waals surface area contributed by atoms with E-state index in [-0.39, 0.29) is 39.7 Å². The van der Waals surface area contributed by atoms with E-state index in [0.29, 0.717) is 11.3 Å². The molecule has 1 aromatic heterocycles. The van der Waals surface area contributed by atoms with Gasteiger partial charge in [-0.05, 0) is 36.4 Å². The summed E-state index contributed by atoms with van der Waals surface area (Å²) in [5.74, 6) is -0.645. The van der Waals surface area contributed by atoms with Crippen LogP contribution in [-0.2, 0) is 6.61 Å². The number of nitrogens with zero attached hydrogens (tertiary/aromatic N) is 1. The number of rotatable bonds is 5. The molecule has 5 nitrogen and oxygen atoms in total. The molecule has 2 aromatic carbocycles. The van der Waals surface area contributed by atoms with E-state index in [0.717, 1.165) is 0 Å². The van der Waals surface area contributed by atoms with Crippen LogP contribution in [-0.4, -0.2) is 16.1 Å². The van der Waals surface area contributed by atoms with Crippen molar-refractivity contribution in [3.63, 3.8) is 0 Å². The zero-order valence-corrected chi connectivity index (χ0v) is 14.0. The SMILES string of the molecule is O=C(O)c1cc(Cl)c(OCc2ncc(-c3ccc(F)cc3)o2)c(Cl)c1. The minimum atomic E-state index is -1.15. The topological polar surface area (TPSA) is 72.6 Å². The van der Waals surface area contributed by atoms with Gasteiger partial charge in [0.15, 0.2) is 18.1 Å². The van der Waals surface area contributed by atoms with Crippen LogP contribution in [0.5, 0.6) is 5.75 Å². The molecule has 3 rings (SSSR count). The molecule has 0 aliphatic carbocycles. The first-order chi connectivity index (χ1) is 11.9. The van der Waals surface area contributed by atoms with Gasteiger partial charge in [0, 0.05) is 5.56 Å². The summed E-state index contributed by atoms with van der Waals surface area (Å²) < 4.78 is 24.0. The van der Waals surface area contributed by atoms with Crippen molar-refractivity contribution in [2.24, 2.45) is 0 Å². The highest BCUT2D eigenvalue weighted by Gasteiger charge is 2.15. The van der Waals surface area contributed by atoms with Crippen molar-refractivity contribution in [3.05, 3.63) is 69.9 Å². The van der Waals surface area contributed by atoms with Crippen molar-refractivity contribution in [2.75, 3.05) is 0 Å². The maximum absolute atomic E-state index is 12.9.